The van der Waals surface area contributed by atoms with Gasteiger partial charge in [0.25, 0.3) is 15.9 Å². The highest BCUT2D eigenvalue weighted by Gasteiger charge is 2.30. The summed E-state index contributed by atoms with van der Waals surface area (Å²) in [7, 11) is -3.92. The Hall–Kier alpha value is -3.47. The van der Waals surface area contributed by atoms with E-state index < -0.39 is 22.2 Å². The van der Waals surface area contributed by atoms with Crippen molar-refractivity contribution in [2.24, 2.45) is 0 Å². The minimum Gasteiger partial charge on any atom is -0.374 e. The van der Waals surface area contributed by atoms with Gasteiger partial charge >= 0.3 is 0 Å². The van der Waals surface area contributed by atoms with E-state index in [1.807, 2.05) is 28.8 Å². The topological polar surface area (TPSA) is 118 Å². The van der Waals surface area contributed by atoms with Crippen LogP contribution >= 0.6 is 0 Å². The number of fused-ring (bicyclic) bond motifs is 3. The predicted molar refractivity (Wildman–Crippen MR) is 108 cm³/mol. The number of aliphatic hydroxyl groups excluding tert-OH is 1. The summed E-state index contributed by atoms with van der Waals surface area (Å²) < 4.78 is 28.6. The maximum absolute atomic E-state index is 12.9. The maximum Gasteiger partial charge on any atom is 0.273 e. The number of aromatic nitrogens is 3. The number of pyridine rings is 1. The van der Waals surface area contributed by atoms with Gasteiger partial charge in [0, 0.05) is 18.9 Å². The normalized spacial score (nSPS) is 15.8. The smallest absolute Gasteiger partial charge is 0.273 e. The number of rotatable bonds is 4. The maximum atomic E-state index is 12.9. The molecule has 30 heavy (non-hydrogen) atoms. The van der Waals surface area contributed by atoms with Crippen molar-refractivity contribution < 1.29 is 18.3 Å². The molecule has 3 aromatic heterocycles. The van der Waals surface area contributed by atoms with Gasteiger partial charge in [-0.05, 0) is 42.0 Å². The average Bonchev–Trinajstić information content (AvgIpc) is 3.38. The van der Waals surface area contributed by atoms with Gasteiger partial charge in [-0.15, -0.1) is 0 Å². The van der Waals surface area contributed by atoms with Crippen LogP contribution in [0.15, 0.2) is 72.0 Å². The molecular formula is C20H17N5O4S. The van der Waals surface area contributed by atoms with E-state index in [1.165, 1.54) is 36.5 Å². The molecule has 1 aliphatic rings. The molecule has 4 aromatic rings. The predicted octanol–water partition coefficient (Wildman–Crippen LogP) is 1.72. The first-order valence-corrected chi connectivity index (χ1v) is 10.6. The molecule has 1 amide bonds. The highest BCUT2D eigenvalue weighted by Crippen LogP contribution is 2.31. The highest BCUT2D eigenvalue weighted by molar-refractivity contribution is 7.90. The van der Waals surface area contributed by atoms with Crippen LogP contribution in [0.5, 0.6) is 0 Å². The molecule has 0 saturated heterocycles. The zero-order valence-electron chi connectivity index (χ0n) is 15.6. The van der Waals surface area contributed by atoms with Crippen molar-refractivity contribution in [1.82, 2.24) is 18.7 Å². The van der Waals surface area contributed by atoms with Gasteiger partial charge < -0.3 is 14.8 Å². The lowest BCUT2D eigenvalue weighted by Gasteiger charge is -2.15. The van der Waals surface area contributed by atoms with Crippen molar-refractivity contribution >= 4 is 27.3 Å². The molecule has 3 N–H and O–H groups in total. The van der Waals surface area contributed by atoms with Crippen molar-refractivity contribution in [2.45, 2.75) is 17.7 Å². The van der Waals surface area contributed by atoms with Crippen LogP contribution in [0, 0.1) is 0 Å². The fraction of sp³-hybridized carbons (Fsp3) is 0.100. The van der Waals surface area contributed by atoms with Crippen LogP contribution in [0.1, 0.15) is 28.0 Å². The lowest BCUT2D eigenvalue weighted by molar-refractivity contribution is 0.102. The number of nitrogens with zero attached hydrogens (tertiary/aromatic N) is 3. The van der Waals surface area contributed by atoms with E-state index >= 15 is 0 Å². The number of hydrogen-bond donors (Lipinski definition) is 3. The molecule has 1 aromatic carbocycles. The van der Waals surface area contributed by atoms with E-state index in [2.05, 4.69) is 15.6 Å². The molecule has 1 unspecified atom stereocenters. The van der Waals surface area contributed by atoms with Crippen LogP contribution in [-0.4, -0.2) is 32.8 Å². The van der Waals surface area contributed by atoms with Crippen molar-refractivity contribution in [3.05, 3.63) is 84.1 Å². The molecule has 0 saturated carbocycles. The summed E-state index contributed by atoms with van der Waals surface area (Å²) >= 11 is 0. The monoisotopic (exact) mass is 423 g/mol. The van der Waals surface area contributed by atoms with Gasteiger partial charge in [0.2, 0.25) is 0 Å². The van der Waals surface area contributed by atoms with Gasteiger partial charge in [-0.2, -0.15) is 0 Å². The molecule has 9 nitrogen and oxygen atoms in total. The zero-order chi connectivity index (χ0) is 20.9. The molecule has 1 aliphatic heterocycles. The summed E-state index contributed by atoms with van der Waals surface area (Å²) in [6.07, 6.45) is 3.85. The van der Waals surface area contributed by atoms with Crippen molar-refractivity contribution in [2.75, 3.05) is 5.32 Å². The first-order valence-electron chi connectivity index (χ1n) is 9.16. The second kappa shape index (κ2) is 6.80. The molecular weight excluding hydrogens is 406 g/mol. The summed E-state index contributed by atoms with van der Waals surface area (Å²) in [5.74, 6) is -0.535. The number of hydrogen-bond acceptors (Lipinski definition) is 6. The third-order valence-electron chi connectivity index (χ3n) is 5.02. The number of imidazole rings is 1. The molecule has 4 heterocycles. The summed E-state index contributed by atoms with van der Waals surface area (Å²) in [6, 6.07) is 13.0. The molecule has 152 valence electrons. The Morgan fingerprint density at radius 1 is 1.13 bits per heavy atom. The fourth-order valence-electron chi connectivity index (χ4n) is 3.52. The van der Waals surface area contributed by atoms with Crippen LogP contribution in [0.3, 0.4) is 0 Å². The van der Waals surface area contributed by atoms with Gasteiger partial charge in [0.1, 0.15) is 22.5 Å². The SMILES string of the molecule is O=C1Nc2cc(C(O)NCc3cnc4ccccn34)ccc2S(=O)(=O)n2cccc21. The van der Waals surface area contributed by atoms with Crippen LogP contribution in [-0.2, 0) is 16.6 Å². The quantitative estimate of drug-likeness (QED) is 0.430. The number of benzene rings is 1. The largest absolute Gasteiger partial charge is 0.374 e. The molecule has 5 rings (SSSR count). The van der Waals surface area contributed by atoms with Crippen LogP contribution in [0.25, 0.3) is 5.65 Å². The Morgan fingerprint density at radius 3 is 2.87 bits per heavy atom. The molecule has 0 radical (unpaired) electrons. The second-order valence-electron chi connectivity index (χ2n) is 6.87. The van der Waals surface area contributed by atoms with Gasteiger partial charge in [-0.25, -0.2) is 17.4 Å². The Morgan fingerprint density at radius 2 is 2.00 bits per heavy atom. The lowest BCUT2D eigenvalue weighted by Crippen LogP contribution is -2.21. The fourth-order valence-corrected chi connectivity index (χ4v) is 4.99. The van der Waals surface area contributed by atoms with Crippen LogP contribution < -0.4 is 10.6 Å². The second-order valence-corrected chi connectivity index (χ2v) is 8.65. The molecule has 0 spiro atoms. The summed E-state index contributed by atoms with van der Waals surface area (Å²) in [5.41, 5.74) is 2.22. The Kier molecular flexibility index (Phi) is 4.21. The van der Waals surface area contributed by atoms with Crippen LogP contribution in [0.4, 0.5) is 5.69 Å². The highest BCUT2D eigenvalue weighted by atomic mass is 32.2. The van der Waals surface area contributed by atoms with Gasteiger partial charge in [0.05, 0.1) is 17.6 Å². The number of carbonyl (C=O) groups excluding carboxylic acids is 1. The van der Waals surface area contributed by atoms with E-state index in [4.69, 9.17) is 0 Å². The molecule has 1 atom stereocenters. The van der Waals surface area contributed by atoms with E-state index in [0.717, 1.165) is 15.3 Å². The molecule has 10 heteroatoms. The molecule has 0 aliphatic carbocycles. The summed E-state index contributed by atoms with van der Waals surface area (Å²) in [4.78, 5) is 16.7. The van der Waals surface area contributed by atoms with E-state index in [1.54, 1.807) is 6.20 Å². The third-order valence-corrected chi connectivity index (χ3v) is 6.77. The summed E-state index contributed by atoms with van der Waals surface area (Å²) in [6.45, 7) is 0.333. The molecule has 0 fully saturated rings. The lowest BCUT2D eigenvalue weighted by atomic mass is 10.1. The standard InChI is InChI=1S/C20H17N5O4S/c26-19(22-12-14-11-21-18-5-1-2-8-24(14)18)13-6-7-17-15(10-13)23-20(27)16-4-3-9-25(16)30(17,28)29/h1-11,19,22,26H,12H2,(H,23,27). The minimum absolute atomic E-state index is 0.0269. The first kappa shape index (κ1) is 18.6. The van der Waals surface area contributed by atoms with Gasteiger partial charge in [-0.1, -0.05) is 12.1 Å². The van der Waals surface area contributed by atoms with Gasteiger partial charge in [0.15, 0.2) is 0 Å². The Balaban J connectivity index is 1.43. The minimum atomic E-state index is -3.92. The van der Waals surface area contributed by atoms with Crippen molar-refractivity contribution in [1.29, 1.82) is 0 Å². The zero-order valence-corrected chi connectivity index (χ0v) is 16.4. The third kappa shape index (κ3) is 2.89. The van der Waals surface area contributed by atoms with Crippen molar-refractivity contribution in [3.63, 3.8) is 0 Å². The molecule has 0 bridgehead atoms. The first-order chi connectivity index (χ1) is 14.4. The van der Waals surface area contributed by atoms with E-state index in [-0.39, 0.29) is 16.3 Å². The number of aliphatic hydroxyl groups is 1. The number of carbonyl (C=O) groups is 1. The van der Waals surface area contributed by atoms with Crippen molar-refractivity contribution in [3.8, 4) is 0 Å². The van der Waals surface area contributed by atoms with E-state index in [9.17, 15) is 18.3 Å². The Labute approximate surface area is 171 Å². The number of anilines is 1. The Bertz CT molecular complexity index is 1390. The van der Waals surface area contributed by atoms with Crippen LogP contribution in [0.2, 0.25) is 0 Å². The number of amides is 1. The van der Waals surface area contributed by atoms with Gasteiger partial charge in [-0.3, -0.25) is 10.1 Å². The number of nitrogens with one attached hydrogen (secondary N) is 2. The summed E-state index contributed by atoms with van der Waals surface area (Å²) in [5, 5.41) is 16.2. The average molecular weight is 423 g/mol. The van der Waals surface area contributed by atoms with E-state index in [0.29, 0.717) is 12.1 Å².